The van der Waals surface area contributed by atoms with Crippen molar-refractivity contribution in [2.75, 3.05) is 19.1 Å². The molecule has 8 nitrogen and oxygen atoms in total. The zero-order valence-electron chi connectivity index (χ0n) is 17.4. The van der Waals surface area contributed by atoms with Crippen LogP contribution in [0.3, 0.4) is 0 Å². The average Bonchev–Trinajstić information content (AvgIpc) is 3.09. The van der Waals surface area contributed by atoms with Crippen LogP contribution in [0.25, 0.3) is 5.76 Å². The van der Waals surface area contributed by atoms with Gasteiger partial charge in [-0.3, -0.25) is 19.5 Å². The van der Waals surface area contributed by atoms with E-state index in [9.17, 15) is 19.8 Å². The monoisotopic (exact) mass is 432 g/mol. The molecule has 3 aromatic rings. The summed E-state index contributed by atoms with van der Waals surface area (Å²) in [5.41, 5.74) is 0.652. The first-order valence-electron chi connectivity index (χ1n) is 9.69. The Hall–Kier alpha value is -4.33. The molecule has 0 radical (unpaired) electrons. The van der Waals surface area contributed by atoms with E-state index in [1.54, 1.807) is 42.5 Å². The summed E-state index contributed by atoms with van der Waals surface area (Å²) in [6, 6.07) is 13.3. The van der Waals surface area contributed by atoms with Gasteiger partial charge >= 0.3 is 0 Å². The van der Waals surface area contributed by atoms with E-state index in [1.165, 1.54) is 43.6 Å². The number of carbonyl (C=O) groups excluding carboxylic acids is 2. The third kappa shape index (κ3) is 3.31. The van der Waals surface area contributed by atoms with Crippen molar-refractivity contribution in [3.05, 3.63) is 83.7 Å². The Kier molecular flexibility index (Phi) is 5.51. The van der Waals surface area contributed by atoms with E-state index in [0.717, 1.165) is 0 Å². The van der Waals surface area contributed by atoms with E-state index >= 15 is 0 Å². The maximum atomic E-state index is 13.2. The lowest BCUT2D eigenvalue weighted by Crippen LogP contribution is -2.29. The first-order chi connectivity index (χ1) is 15.5. The molecule has 0 bridgehead atoms. The molecule has 1 aromatic heterocycles. The van der Waals surface area contributed by atoms with Crippen LogP contribution in [0.15, 0.2) is 72.6 Å². The summed E-state index contributed by atoms with van der Waals surface area (Å²) < 4.78 is 10.7. The largest absolute Gasteiger partial charge is 0.506 e. The number of amides is 1. The Balaban J connectivity index is 2.03. The topological polar surface area (TPSA) is 109 Å². The molecule has 1 amide bonds. The molecule has 0 aliphatic carbocycles. The number of methoxy groups -OCH3 is 2. The normalized spacial score (nSPS) is 17.4. The molecule has 0 spiro atoms. The Morgan fingerprint density at radius 2 is 1.56 bits per heavy atom. The van der Waals surface area contributed by atoms with E-state index < -0.39 is 23.5 Å². The predicted octanol–water partition coefficient (Wildman–Crippen LogP) is 3.43. The number of aromatic nitrogens is 1. The lowest BCUT2D eigenvalue weighted by atomic mass is 9.95. The van der Waals surface area contributed by atoms with Gasteiger partial charge in [0.25, 0.3) is 11.7 Å². The van der Waals surface area contributed by atoms with Gasteiger partial charge in [0.05, 0.1) is 31.5 Å². The van der Waals surface area contributed by atoms with Crippen molar-refractivity contribution in [1.82, 2.24) is 4.98 Å². The first-order valence-corrected chi connectivity index (χ1v) is 9.69. The number of ether oxygens (including phenoxy) is 2. The Bertz CT molecular complexity index is 1200. The molecule has 1 unspecified atom stereocenters. The number of rotatable bonds is 5. The molecule has 1 saturated heterocycles. The highest BCUT2D eigenvalue weighted by atomic mass is 16.5. The zero-order chi connectivity index (χ0) is 22.8. The number of ketones is 1. The van der Waals surface area contributed by atoms with Crippen LogP contribution < -0.4 is 14.4 Å². The molecular weight excluding hydrogens is 412 g/mol. The van der Waals surface area contributed by atoms with Crippen LogP contribution in [0.5, 0.6) is 17.2 Å². The second-order valence-corrected chi connectivity index (χ2v) is 6.98. The van der Waals surface area contributed by atoms with Crippen molar-refractivity contribution in [2.24, 2.45) is 0 Å². The number of aliphatic hydroxyl groups is 1. The van der Waals surface area contributed by atoms with Gasteiger partial charge in [-0.15, -0.1) is 0 Å². The number of aromatic hydroxyl groups is 1. The summed E-state index contributed by atoms with van der Waals surface area (Å²) in [4.78, 5) is 31.5. The molecule has 1 aliphatic heterocycles. The number of aliphatic hydroxyl groups excluding tert-OH is 1. The van der Waals surface area contributed by atoms with Gasteiger partial charge < -0.3 is 19.7 Å². The number of pyridine rings is 1. The van der Waals surface area contributed by atoms with Crippen LogP contribution in [0.4, 0.5) is 5.69 Å². The van der Waals surface area contributed by atoms with Gasteiger partial charge in [-0.05, 0) is 42.0 Å². The highest BCUT2D eigenvalue weighted by molar-refractivity contribution is 6.52. The third-order valence-corrected chi connectivity index (χ3v) is 5.27. The van der Waals surface area contributed by atoms with Gasteiger partial charge in [-0.1, -0.05) is 18.2 Å². The molecule has 1 atom stereocenters. The van der Waals surface area contributed by atoms with E-state index in [-0.39, 0.29) is 34.1 Å². The zero-order valence-corrected chi connectivity index (χ0v) is 17.4. The summed E-state index contributed by atoms with van der Waals surface area (Å²) >= 11 is 0. The molecule has 4 rings (SSSR count). The van der Waals surface area contributed by atoms with Crippen molar-refractivity contribution >= 4 is 23.1 Å². The number of phenolic OH excluding ortho intramolecular Hbond substituents is 1. The van der Waals surface area contributed by atoms with E-state index in [4.69, 9.17) is 9.47 Å². The van der Waals surface area contributed by atoms with Crippen LogP contribution in [0.2, 0.25) is 0 Å². The molecule has 2 aromatic carbocycles. The second-order valence-electron chi connectivity index (χ2n) is 6.98. The smallest absolute Gasteiger partial charge is 0.300 e. The number of hydrogen-bond acceptors (Lipinski definition) is 7. The fourth-order valence-electron chi connectivity index (χ4n) is 3.83. The number of anilines is 1. The maximum Gasteiger partial charge on any atom is 0.300 e. The molecule has 1 aliphatic rings. The Labute approximate surface area is 184 Å². The van der Waals surface area contributed by atoms with Gasteiger partial charge in [0, 0.05) is 12.4 Å². The number of hydrogen-bond donors (Lipinski definition) is 2. The third-order valence-electron chi connectivity index (χ3n) is 5.27. The molecule has 32 heavy (non-hydrogen) atoms. The minimum atomic E-state index is -1.01. The average molecular weight is 432 g/mol. The number of para-hydroxylation sites is 2. The summed E-state index contributed by atoms with van der Waals surface area (Å²) in [6.07, 6.45) is 3.04. The Morgan fingerprint density at radius 3 is 2.16 bits per heavy atom. The van der Waals surface area contributed by atoms with Gasteiger partial charge in [-0.2, -0.15) is 0 Å². The van der Waals surface area contributed by atoms with Crippen LogP contribution in [0, 0.1) is 0 Å². The number of Topliss-reactive ketones (excluding diaryl/α,β-unsaturated/α-hetero) is 1. The van der Waals surface area contributed by atoms with Crippen LogP contribution >= 0.6 is 0 Å². The highest BCUT2D eigenvalue weighted by Gasteiger charge is 2.48. The molecule has 8 heteroatoms. The summed E-state index contributed by atoms with van der Waals surface area (Å²) in [5.74, 6) is -1.88. The maximum absolute atomic E-state index is 13.2. The minimum absolute atomic E-state index is 0.141. The number of carbonyl (C=O) groups is 2. The molecule has 1 fully saturated rings. The van der Waals surface area contributed by atoms with E-state index in [2.05, 4.69) is 4.98 Å². The fourth-order valence-corrected chi connectivity index (χ4v) is 3.83. The van der Waals surface area contributed by atoms with Crippen molar-refractivity contribution in [3.63, 3.8) is 0 Å². The van der Waals surface area contributed by atoms with Crippen LogP contribution in [-0.2, 0) is 9.59 Å². The standard InChI is InChI=1S/C24H20N2O6/c1-31-17-8-5-9-18(32-2)19(17)22(28)20-21(14-10-12-25-13-11-14)26(24(30)23(20)29)15-6-3-4-7-16(15)27/h3-13,21,27-28H,1-2H3/b22-20+. The lowest BCUT2D eigenvalue weighted by Gasteiger charge is -2.26. The molecular formula is C24H20N2O6. The molecule has 2 heterocycles. The fraction of sp³-hybridized carbons (Fsp3) is 0.125. The number of benzene rings is 2. The van der Waals surface area contributed by atoms with Crippen molar-refractivity contribution < 1.29 is 29.3 Å². The van der Waals surface area contributed by atoms with Crippen LogP contribution in [-0.4, -0.2) is 41.1 Å². The summed E-state index contributed by atoms with van der Waals surface area (Å²) in [5, 5.41) is 21.7. The minimum Gasteiger partial charge on any atom is -0.506 e. The van der Waals surface area contributed by atoms with Crippen molar-refractivity contribution in [1.29, 1.82) is 0 Å². The van der Waals surface area contributed by atoms with Gasteiger partial charge in [0.15, 0.2) is 0 Å². The van der Waals surface area contributed by atoms with Crippen LogP contribution in [0.1, 0.15) is 17.2 Å². The van der Waals surface area contributed by atoms with E-state index in [1.807, 2.05) is 0 Å². The molecule has 2 N–H and O–H groups in total. The SMILES string of the molecule is COc1cccc(OC)c1/C(O)=C1\C(=O)C(=O)N(c2ccccc2O)C1c1ccncc1. The van der Waals surface area contributed by atoms with Gasteiger partial charge in [-0.25, -0.2) is 0 Å². The predicted molar refractivity (Wildman–Crippen MR) is 117 cm³/mol. The summed E-state index contributed by atoms with van der Waals surface area (Å²) in [6.45, 7) is 0. The van der Waals surface area contributed by atoms with Gasteiger partial charge in [0.1, 0.15) is 28.6 Å². The molecule has 162 valence electrons. The highest BCUT2D eigenvalue weighted by Crippen LogP contribution is 2.46. The first kappa shape index (κ1) is 20.9. The van der Waals surface area contributed by atoms with E-state index in [0.29, 0.717) is 5.56 Å². The van der Waals surface area contributed by atoms with Gasteiger partial charge in [0.2, 0.25) is 0 Å². The quantitative estimate of drug-likeness (QED) is 0.361. The molecule has 0 saturated carbocycles. The van der Waals surface area contributed by atoms with Crippen molar-refractivity contribution in [2.45, 2.75) is 6.04 Å². The Morgan fingerprint density at radius 1 is 0.938 bits per heavy atom. The number of phenols is 1. The lowest BCUT2D eigenvalue weighted by molar-refractivity contribution is -0.132. The second kappa shape index (κ2) is 8.43. The number of nitrogens with zero attached hydrogens (tertiary/aromatic N) is 2. The van der Waals surface area contributed by atoms with Crippen molar-refractivity contribution in [3.8, 4) is 17.2 Å². The summed E-state index contributed by atoms with van der Waals surface area (Å²) in [7, 11) is 2.85.